The largest absolute Gasteiger partial charge is 0.511 e. The lowest BCUT2D eigenvalue weighted by molar-refractivity contribution is -0.00850. The monoisotopic (exact) mass is 477 g/mol. The number of allylic oxidation sites excluding steroid dienone is 1. The van der Waals surface area contributed by atoms with E-state index in [-0.39, 0.29) is 12.9 Å². The van der Waals surface area contributed by atoms with E-state index in [4.69, 9.17) is 43.1 Å². The standard InChI is InChI=1S/C23H25Cl2N3O4/c1-14(2)32-23(29)31-13-30-19-10-9-15(24)12-17(19)22(28-20-8-3-4-11-27-20)16-6-5-7-18(26)21(16)25/h5-12,14,22,28H,3-4,13,26H2,1-2H3. The van der Waals surface area contributed by atoms with Crippen molar-refractivity contribution >= 4 is 41.3 Å². The van der Waals surface area contributed by atoms with E-state index in [1.165, 1.54) is 0 Å². The molecule has 0 aromatic heterocycles. The van der Waals surface area contributed by atoms with E-state index in [0.29, 0.717) is 32.9 Å². The minimum Gasteiger partial charge on any atom is -0.457 e. The highest BCUT2D eigenvalue weighted by molar-refractivity contribution is 6.34. The Bertz CT molecular complexity index is 1020. The zero-order valence-corrected chi connectivity index (χ0v) is 19.3. The first kappa shape index (κ1) is 23.8. The van der Waals surface area contributed by atoms with Crippen molar-refractivity contribution in [3.63, 3.8) is 0 Å². The van der Waals surface area contributed by atoms with Crippen LogP contribution in [0.15, 0.2) is 53.3 Å². The number of hydrogen-bond acceptors (Lipinski definition) is 7. The number of carbonyl (C=O) groups is 1. The third kappa shape index (κ3) is 6.31. The van der Waals surface area contributed by atoms with E-state index in [1.54, 1.807) is 38.1 Å². The molecule has 0 aliphatic carbocycles. The molecular weight excluding hydrogens is 453 g/mol. The van der Waals surface area contributed by atoms with E-state index < -0.39 is 12.2 Å². The van der Waals surface area contributed by atoms with Gasteiger partial charge in [-0.2, -0.15) is 0 Å². The van der Waals surface area contributed by atoms with Gasteiger partial charge in [-0.1, -0.05) is 35.3 Å². The predicted octanol–water partition coefficient (Wildman–Crippen LogP) is 5.86. The summed E-state index contributed by atoms with van der Waals surface area (Å²) in [7, 11) is 0. The van der Waals surface area contributed by atoms with E-state index in [0.717, 1.165) is 18.4 Å². The number of nitrogens with one attached hydrogen (secondary N) is 1. The van der Waals surface area contributed by atoms with Crippen LogP contribution in [-0.4, -0.2) is 25.3 Å². The van der Waals surface area contributed by atoms with Crippen LogP contribution in [0.5, 0.6) is 5.75 Å². The Morgan fingerprint density at radius 3 is 2.72 bits per heavy atom. The number of carbonyl (C=O) groups excluding carboxylic acids is 1. The molecule has 1 heterocycles. The zero-order valence-electron chi connectivity index (χ0n) is 17.8. The molecule has 3 rings (SSSR count). The van der Waals surface area contributed by atoms with Crippen molar-refractivity contribution in [3.8, 4) is 5.75 Å². The summed E-state index contributed by atoms with van der Waals surface area (Å²) in [6.45, 7) is 3.12. The number of anilines is 1. The topological polar surface area (TPSA) is 95.2 Å². The van der Waals surface area contributed by atoms with Gasteiger partial charge in [0.05, 0.1) is 22.9 Å². The molecule has 32 heavy (non-hydrogen) atoms. The Labute approximate surface area is 197 Å². The summed E-state index contributed by atoms with van der Waals surface area (Å²) < 4.78 is 15.7. The van der Waals surface area contributed by atoms with Gasteiger partial charge >= 0.3 is 6.16 Å². The molecule has 1 unspecified atom stereocenters. The summed E-state index contributed by atoms with van der Waals surface area (Å²) in [5, 5.41) is 4.31. The van der Waals surface area contributed by atoms with Crippen molar-refractivity contribution in [1.82, 2.24) is 5.32 Å². The van der Waals surface area contributed by atoms with Crippen LogP contribution in [0, 0.1) is 0 Å². The first-order valence-electron chi connectivity index (χ1n) is 10.1. The Kier molecular flexibility index (Phi) is 8.25. The number of ether oxygens (including phenoxy) is 3. The maximum atomic E-state index is 11.7. The maximum Gasteiger partial charge on any atom is 0.511 e. The number of benzene rings is 2. The van der Waals surface area contributed by atoms with Gasteiger partial charge < -0.3 is 25.3 Å². The van der Waals surface area contributed by atoms with Gasteiger partial charge in [0.1, 0.15) is 11.6 Å². The number of nitrogens with zero attached hydrogens (tertiary/aromatic N) is 1. The van der Waals surface area contributed by atoms with Crippen molar-refractivity contribution in [2.75, 3.05) is 12.5 Å². The van der Waals surface area contributed by atoms with Crippen molar-refractivity contribution in [1.29, 1.82) is 0 Å². The second-order valence-electron chi connectivity index (χ2n) is 7.31. The van der Waals surface area contributed by atoms with Crippen LogP contribution in [0.25, 0.3) is 0 Å². The van der Waals surface area contributed by atoms with E-state index in [9.17, 15) is 4.79 Å². The summed E-state index contributed by atoms with van der Waals surface area (Å²) in [5.41, 5.74) is 7.90. The smallest absolute Gasteiger partial charge is 0.457 e. The van der Waals surface area contributed by atoms with Gasteiger partial charge in [0, 0.05) is 16.8 Å². The first-order chi connectivity index (χ1) is 15.3. The summed E-state index contributed by atoms with van der Waals surface area (Å²) in [4.78, 5) is 16.1. The minimum absolute atomic E-state index is 0.294. The quantitative estimate of drug-likeness (QED) is 0.280. The van der Waals surface area contributed by atoms with Gasteiger partial charge in [-0.3, -0.25) is 0 Å². The molecule has 2 aromatic rings. The average Bonchev–Trinajstić information content (AvgIpc) is 2.75. The van der Waals surface area contributed by atoms with Crippen LogP contribution in [0.2, 0.25) is 10.0 Å². The summed E-state index contributed by atoms with van der Waals surface area (Å²) >= 11 is 12.9. The molecule has 0 amide bonds. The molecule has 170 valence electrons. The van der Waals surface area contributed by atoms with Crippen molar-refractivity contribution in [2.45, 2.75) is 38.8 Å². The molecular formula is C23H25Cl2N3O4. The van der Waals surface area contributed by atoms with Crippen molar-refractivity contribution in [3.05, 3.63) is 69.5 Å². The van der Waals surface area contributed by atoms with Crippen LogP contribution in [0.3, 0.4) is 0 Å². The Morgan fingerprint density at radius 1 is 1.19 bits per heavy atom. The second kappa shape index (κ2) is 11.1. The minimum atomic E-state index is -0.814. The van der Waals surface area contributed by atoms with E-state index in [2.05, 4.69) is 10.3 Å². The molecule has 7 nitrogen and oxygen atoms in total. The summed E-state index contributed by atoms with van der Waals surface area (Å²) in [6, 6.07) is 10.1. The summed E-state index contributed by atoms with van der Waals surface area (Å²) in [5.74, 6) is 1.14. The number of hydrogen-bond donors (Lipinski definition) is 2. The molecule has 0 saturated carbocycles. The van der Waals surface area contributed by atoms with Gasteiger partial charge in [0.15, 0.2) is 0 Å². The number of nitrogens with two attached hydrogens (primary N) is 1. The third-order valence-electron chi connectivity index (χ3n) is 4.53. The van der Waals surface area contributed by atoms with Crippen LogP contribution in [-0.2, 0) is 9.47 Å². The van der Waals surface area contributed by atoms with Crippen molar-refractivity contribution in [2.24, 2.45) is 4.99 Å². The average molecular weight is 478 g/mol. The van der Waals surface area contributed by atoms with Crippen molar-refractivity contribution < 1.29 is 19.0 Å². The van der Waals surface area contributed by atoms with Gasteiger partial charge in [-0.05, 0) is 62.6 Å². The SMILES string of the molecule is CC(C)OC(=O)OCOc1ccc(Cl)cc1C(NC1=CCCC=N1)c1cccc(N)c1Cl. The zero-order chi connectivity index (χ0) is 23.1. The lowest BCUT2D eigenvalue weighted by Crippen LogP contribution is -2.24. The first-order valence-corrected chi connectivity index (χ1v) is 10.9. The molecule has 2 aromatic carbocycles. The molecule has 0 spiro atoms. The van der Waals surface area contributed by atoms with Crippen LogP contribution < -0.4 is 15.8 Å². The number of rotatable bonds is 8. The van der Waals surface area contributed by atoms with Crippen LogP contribution in [0.4, 0.5) is 10.5 Å². The molecule has 9 heteroatoms. The number of aliphatic imine (C=N–C) groups is 1. The highest BCUT2D eigenvalue weighted by atomic mass is 35.5. The fourth-order valence-electron chi connectivity index (χ4n) is 3.11. The van der Waals surface area contributed by atoms with Crippen LogP contribution in [0.1, 0.15) is 43.9 Å². The number of halogens is 2. The Hall–Kier alpha value is -2.90. The molecule has 3 N–H and O–H groups in total. The third-order valence-corrected chi connectivity index (χ3v) is 5.20. The van der Waals surface area contributed by atoms with Crippen LogP contribution >= 0.6 is 23.2 Å². The fourth-order valence-corrected chi connectivity index (χ4v) is 3.53. The molecule has 1 aliphatic heterocycles. The van der Waals surface area contributed by atoms with E-state index >= 15 is 0 Å². The summed E-state index contributed by atoms with van der Waals surface area (Å²) in [6.07, 6.45) is 4.49. The van der Waals surface area contributed by atoms with Gasteiger partial charge in [-0.15, -0.1) is 0 Å². The lowest BCUT2D eigenvalue weighted by Gasteiger charge is -2.25. The molecule has 1 atom stereocenters. The van der Waals surface area contributed by atoms with Gasteiger partial charge in [0.25, 0.3) is 0 Å². The molecule has 0 saturated heterocycles. The number of nitrogen functional groups attached to an aromatic ring is 1. The predicted molar refractivity (Wildman–Crippen MR) is 126 cm³/mol. The maximum absolute atomic E-state index is 11.7. The Balaban J connectivity index is 1.93. The lowest BCUT2D eigenvalue weighted by atomic mass is 9.97. The molecule has 0 fully saturated rings. The Morgan fingerprint density at radius 2 is 2.00 bits per heavy atom. The molecule has 0 bridgehead atoms. The van der Waals surface area contributed by atoms with Gasteiger partial charge in [0.2, 0.25) is 6.79 Å². The van der Waals surface area contributed by atoms with Gasteiger partial charge in [-0.25, -0.2) is 9.79 Å². The second-order valence-corrected chi connectivity index (χ2v) is 8.13. The fraction of sp³-hybridized carbons (Fsp3) is 0.304. The highest BCUT2D eigenvalue weighted by Gasteiger charge is 2.24. The molecule has 0 radical (unpaired) electrons. The molecule has 1 aliphatic rings. The normalized spacial score (nSPS) is 14.0. The van der Waals surface area contributed by atoms with E-state index in [1.807, 2.05) is 24.4 Å². The highest BCUT2D eigenvalue weighted by Crippen LogP contribution is 2.38.